The molecule has 0 fully saturated rings. The van der Waals surface area contributed by atoms with E-state index in [9.17, 15) is 4.79 Å². The van der Waals surface area contributed by atoms with Crippen LogP contribution in [0, 0.1) is 13.8 Å². The third-order valence-electron chi connectivity index (χ3n) is 3.29. The van der Waals surface area contributed by atoms with Crippen LogP contribution in [0.2, 0.25) is 0 Å². The molecule has 0 spiro atoms. The Kier molecular flexibility index (Phi) is 3.79. The summed E-state index contributed by atoms with van der Waals surface area (Å²) >= 11 is 0. The summed E-state index contributed by atoms with van der Waals surface area (Å²) in [6.07, 6.45) is 1.55. The lowest BCUT2D eigenvalue weighted by Gasteiger charge is -2.13. The zero-order valence-corrected chi connectivity index (χ0v) is 12.3. The molecule has 0 saturated carbocycles. The lowest BCUT2D eigenvalue weighted by atomic mass is 10.2. The fourth-order valence-corrected chi connectivity index (χ4v) is 2.48. The average molecular weight is 272 g/mol. The first-order valence-electron chi connectivity index (χ1n) is 6.61. The lowest BCUT2D eigenvalue weighted by molar-refractivity contribution is 0.102. The van der Waals surface area contributed by atoms with Crippen LogP contribution in [0.3, 0.4) is 0 Å². The Morgan fingerprint density at radius 2 is 2.05 bits per heavy atom. The molecule has 2 aromatic heterocycles. The molecule has 0 saturated heterocycles. The minimum absolute atomic E-state index is 0.128. The number of amides is 1. The monoisotopic (exact) mass is 272 g/mol. The predicted octanol–water partition coefficient (Wildman–Crippen LogP) is 2.92. The van der Waals surface area contributed by atoms with Crippen molar-refractivity contribution in [2.45, 2.75) is 33.7 Å². The number of carbonyl (C=O) groups excluding carboxylic acids is 1. The molecule has 20 heavy (non-hydrogen) atoms. The summed E-state index contributed by atoms with van der Waals surface area (Å²) < 4.78 is 2.15. The topological polar surface area (TPSA) is 72.9 Å². The van der Waals surface area contributed by atoms with E-state index in [-0.39, 0.29) is 5.91 Å². The van der Waals surface area contributed by atoms with E-state index in [1.54, 1.807) is 18.3 Å². The van der Waals surface area contributed by atoms with Gasteiger partial charge in [0.05, 0.1) is 17.4 Å². The predicted molar refractivity (Wildman–Crippen MR) is 80.9 cm³/mol. The quantitative estimate of drug-likeness (QED) is 0.902. The molecule has 5 nitrogen and oxygen atoms in total. The third kappa shape index (κ3) is 2.66. The molecule has 0 bridgehead atoms. The van der Waals surface area contributed by atoms with E-state index in [0.29, 0.717) is 23.1 Å². The number of nitrogen functional groups attached to an aromatic ring is 1. The van der Waals surface area contributed by atoms with Crippen molar-refractivity contribution in [3.63, 3.8) is 0 Å². The summed E-state index contributed by atoms with van der Waals surface area (Å²) in [7, 11) is 0. The van der Waals surface area contributed by atoms with Gasteiger partial charge in [-0.2, -0.15) is 0 Å². The molecule has 0 aromatic carbocycles. The van der Waals surface area contributed by atoms with Gasteiger partial charge in [0.1, 0.15) is 5.82 Å². The Bertz CT molecular complexity index is 626. The maximum absolute atomic E-state index is 12.3. The smallest absolute Gasteiger partial charge is 0.257 e. The number of anilines is 2. The second kappa shape index (κ2) is 5.36. The van der Waals surface area contributed by atoms with Gasteiger partial charge < -0.3 is 15.6 Å². The highest BCUT2D eigenvalue weighted by Crippen LogP contribution is 2.21. The highest BCUT2D eigenvalue weighted by Gasteiger charge is 2.17. The number of nitrogens with zero attached hydrogens (tertiary/aromatic N) is 2. The standard InChI is InChI=1S/C15H20N4O/c1-9(2)19-10(3)7-13(11(19)4)15(20)18-12-5-6-14(16)17-8-12/h5-9H,1-4H3,(H2,16,17)(H,18,20). The molecular weight excluding hydrogens is 252 g/mol. The van der Waals surface area contributed by atoms with Gasteiger partial charge in [0, 0.05) is 17.4 Å². The summed E-state index contributed by atoms with van der Waals surface area (Å²) in [5.74, 6) is 0.303. The number of aromatic nitrogens is 2. The summed E-state index contributed by atoms with van der Waals surface area (Å²) in [4.78, 5) is 16.3. The molecule has 0 radical (unpaired) electrons. The molecule has 3 N–H and O–H groups in total. The number of hydrogen-bond donors (Lipinski definition) is 2. The fourth-order valence-electron chi connectivity index (χ4n) is 2.48. The number of rotatable bonds is 3. The first-order chi connectivity index (χ1) is 9.40. The Morgan fingerprint density at radius 1 is 1.35 bits per heavy atom. The van der Waals surface area contributed by atoms with Crippen LogP contribution in [0.1, 0.15) is 41.6 Å². The molecule has 1 amide bonds. The number of carbonyl (C=O) groups is 1. The average Bonchev–Trinajstić information content (AvgIpc) is 2.67. The van der Waals surface area contributed by atoms with Crippen LogP contribution in [0.4, 0.5) is 11.5 Å². The number of aryl methyl sites for hydroxylation is 1. The van der Waals surface area contributed by atoms with Crippen molar-refractivity contribution in [2.24, 2.45) is 0 Å². The van der Waals surface area contributed by atoms with Crippen molar-refractivity contribution >= 4 is 17.4 Å². The van der Waals surface area contributed by atoms with Crippen LogP contribution in [0.5, 0.6) is 0 Å². The molecule has 5 heteroatoms. The van der Waals surface area contributed by atoms with E-state index in [1.165, 1.54) is 0 Å². The zero-order chi connectivity index (χ0) is 14.9. The number of hydrogen-bond acceptors (Lipinski definition) is 3. The van der Waals surface area contributed by atoms with Crippen LogP contribution in [-0.2, 0) is 0 Å². The second-order valence-corrected chi connectivity index (χ2v) is 5.17. The third-order valence-corrected chi connectivity index (χ3v) is 3.29. The van der Waals surface area contributed by atoms with Crippen molar-refractivity contribution in [1.29, 1.82) is 0 Å². The molecule has 2 rings (SSSR count). The molecule has 0 aliphatic rings. The van der Waals surface area contributed by atoms with Gasteiger partial charge >= 0.3 is 0 Å². The van der Waals surface area contributed by atoms with Gasteiger partial charge in [-0.3, -0.25) is 4.79 Å². The van der Waals surface area contributed by atoms with E-state index >= 15 is 0 Å². The van der Waals surface area contributed by atoms with Gasteiger partial charge in [0.25, 0.3) is 5.91 Å². The van der Waals surface area contributed by atoms with Gasteiger partial charge in [-0.1, -0.05) is 0 Å². The van der Waals surface area contributed by atoms with Crippen molar-refractivity contribution < 1.29 is 4.79 Å². The lowest BCUT2D eigenvalue weighted by Crippen LogP contribution is -2.14. The first kappa shape index (κ1) is 14.1. The summed E-state index contributed by atoms with van der Waals surface area (Å²) in [5, 5.41) is 2.84. The van der Waals surface area contributed by atoms with Gasteiger partial charge in [0.2, 0.25) is 0 Å². The second-order valence-electron chi connectivity index (χ2n) is 5.17. The SMILES string of the molecule is Cc1cc(C(=O)Nc2ccc(N)nc2)c(C)n1C(C)C. The first-order valence-corrected chi connectivity index (χ1v) is 6.61. The van der Waals surface area contributed by atoms with E-state index in [1.807, 2.05) is 19.9 Å². The zero-order valence-electron chi connectivity index (χ0n) is 12.3. The molecule has 2 aromatic rings. The molecule has 0 atom stereocenters. The molecule has 0 aliphatic heterocycles. The highest BCUT2D eigenvalue weighted by molar-refractivity contribution is 6.05. The van der Waals surface area contributed by atoms with Gasteiger partial charge in [-0.15, -0.1) is 0 Å². The maximum Gasteiger partial charge on any atom is 0.257 e. The molecule has 2 heterocycles. The molecule has 106 valence electrons. The van der Waals surface area contributed by atoms with Crippen molar-refractivity contribution in [1.82, 2.24) is 9.55 Å². The van der Waals surface area contributed by atoms with E-state index < -0.39 is 0 Å². The van der Waals surface area contributed by atoms with Crippen LogP contribution >= 0.6 is 0 Å². The largest absolute Gasteiger partial charge is 0.384 e. The Morgan fingerprint density at radius 3 is 2.55 bits per heavy atom. The minimum Gasteiger partial charge on any atom is -0.384 e. The van der Waals surface area contributed by atoms with E-state index in [2.05, 4.69) is 28.7 Å². The summed E-state index contributed by atoms with van der Waals surface area (Å²) in [6, 6.07) is 5.64. The van der Waals surface area contributed by atoms with Gasteiger partial charge in [-0.25, -0.2) is 4.98 Å². The number of nitrogens with one attached hydrogen (secondary N) is 1. The normalized spacial score (nSPS) is 10.8. The molecular formula is C15H20N4O. The van der Waals surface area contributed by atoms with Crippen molar-refractivity contribution in [3.05, 3.63) is 41.3 Å². The number of pyridine rings is 1. The van der Waals surface area contributed by atoms with Gasteiger partial charge in [0.15, 0.2) is 0 Å². The van der Waals surface area contributed by atoms with Crippen LogP contribution in [0.15, 0.2) is 24.4 Å². The van der Waals surface area contributed by atoms with Crippen LogP contribution < -0.4 is 11.1 Å². The fraction of sp³-hybridized carbons (Fsp3) is 0.333. The van der Waals surface area contributed by atoms with Crippen molar-refractivity contribution in [2.75, 3.05) is 11.1 Å². The van der Waals surface area contributed by atoms with Gasteiger partial charge in [-0.05, 0) is 45.9 Å². The van der Waals surface area contributed by atoms with Crippen LogP contribution in [-0.4, -0.2) is 15.5 Å². The Balaban J connectivity index is 2.26. The summed E-state index contributed by atoms with van der Waals surface area (Å²) in [6.45, 7) is 8.18. The Hall–Kier alpha value is -2.30. The highest BCUT2D eigenvalue weighted by atomic mass is 16.1. The Labute approximate surface area is 118 Å². The summed E-state index contributed by atoms with van der Waals surface area (Å²) in [5.41, 5.74) is 8.90. The molecule has 0 unspecified atom stereocenters. The van der Waals surface area contributed by atoms with E-state index in [0.717, 1.165) is 11.4 Å². The van der Waals surface area contributed by atoms with Crippen molar-refractivity contribution in [3.8, 4) is 0 Å². The minimum atomic E-state index is -0.128. The maximum atomic E-state index is 12.3. The number of nitrogens with two attached hydrogens (primary N) is 1. The van der Waals surface area contributed by atoms with E-state index in [4.69, 9.17) is 5.73 Å². The molecule has 0 aliphatic carbocycles. The van der Waals surface area contributed by atoms with Crippen LogP contribution in [0.25, 0.3) is 0 Å².